The van der Waals surface area contributed by atoms with Crippen LogP contribution in [0, 0.1) is 5.92 Å². The van der Waals surface area contributed by atoms with Crippen LogP contribution in [0.25, 0.3) is 0 Å². The molecule has 1 aromatic rings. The van der Waals surface area contributed by atoms with Crippen molar-refractivity contribution in [2.75, 3.05) is 13.0 Å². The molecule has 0 heterocycles. The minimum Gasteiger partial charge on any atom is -0.497 e. The zero-order valence-corrected chi connectivity index (χ0v) is 12.0. The van der Waals surface area contributed by atoms with Crippen molar-refractivity contribution in [1.82, 2.24) is 5.32 Å². The first-order valence-electron chi connectivity index (χ1n) is 6.71. The number of hydrogen-bond acceptors (Lipinski definition) is 2. The minimum atomic E-state index is 0.0651. The first kappa shape index (κ1) is 14.2. The van der Waals surface area contributed by atoms with Gasteiger partial charge in [0.05, 0.1) is 13.5 Å². The molecule has 104 valence electrons. The fraction of sp³-hybridized carbons (Fsp3) is 0.533. The molecule has 0 aliphatic heterocycles. The summed E-state index contributed by atoms with van der Waals surface area (Å²) >= 11 is 5.92. The van der Waals surface area contributed by atoms with Gasteiger partial charge in [0.25, 0.3) is 0 Å². The summed E-state index contributed by atoms with van der Waals surface area (Å²) in [5.74, 6) is 1.90. The van der Waals surface area contributed by atoms with Gasteiger partial charge in [0.1, 0.15) is 5.75 Å². The number of halogens is 1. The second-order valence-corrected chi connectivity index (χ2v) is 5.36. The van der Waals surface area contributed by atoms with E-state index in [4.69, 9.17) is 16.3 Å². The van der Waals surface area contributed by atoms with E-state index in [0.29, 0.717) is 18.2 Å². The van der Waals surface area contributed by atoms with Gasteiger partial charge in [-0.15, -0.1) is 11.6 Å². The molecule has 0 radical (unpaired) electrons. The second kappa shape index (κ2) is 6.80. The van der Waals surface area contributed by atoms with Gasteiger partial charge in [0.2, 0.25) is 5.91 Å². The van der Waals surface area contributed by atoms with Crippen molar-refractivity contribution in [2.45, 2.75) is 31.7 Å². The largest absolute Gasteiger partial charge is 0.497 e. The van der Waals surface area contributed by atoms with Crippen molar-refractivity contribution in [3.63, 3.8) is 0 Å². The number of methoxy groups -OCH3 is 1. The lowest BCUT2D eigenvalue weighted by Gasteiger charge is -2.18. The van der Waals surface area contributed by atoms with Gasteiger partial charge in [-0.25, -0.2) is 0 Å². The summed E-state index contributed by atoms with van der Waals surface area (Å²) < 4.78 is 5.16. The zero-order chi connectivity index (χ0) is 13.7. The molecule has 0 spiro atoms. The fourth-order valence-corrected chi connectivity index (χ4v) is 3.01. The standard InChI is InChI=1S/C15H20ClNO2/c1-19-13-6-2-4-11(8-13)9-15(18)17-14-7-3-5-12(14)10-16/h2,4,6,8,12,14H,3,5,7,9-10H2,1H3,(H,17,18). The quantitative estimate of drug-likeness (QED) is 0.843. The molecule has 1 N–H and O–H groups in total. The van der Waals surface area contributed by atoms with E-state index in [-0.39, 0.29) is 11.9 Å². The fourth-order valence-electron chi connectivity index (χ4n) is 2.64. The van der Waals surface area contributed by atoms with Gasteiger partial charge >= 0.3 is 0 Å². The predicted molar refractivity (Wildman–Crippen MR) is 76.7 cm³/mol. The Bertz CT molecular complexity index is 436. The van der Waals surface area contributed by atoms with Gasteiger partial charge in [-0.3, -0.25) is 4.79 Å². The smallest absolute Gasteiger partial charge is 0.224 e. The Kier molecular flexibility index (Phi) is 5.08. The molecule has 1 saturated carbocycles. The average Bonchev–Trinajstić information content (AvgIpc) is 2.86. The molecule has 2 rings (SSSR count). The van der Waals surface area contributed by atoms with Crippen LogP contribution in [0.4, 0.5) is 0 Å². The molecule has 0 aromatic heterocycles. The lowest BCUT2D eigenvalue weighted by Crippen LogP contribution is -2.38. The maximum atomic E-state index is 12.0. The van der Waals surface area contributed by atoms with Crippen molar-refractivity contribution in [3.05, 3.63) is 29.8 Å². The third-order valence-electron chi connectivity index (χ3n) is 3.70. The molecule has 0 bridgehead atoms. The van der Waals surface area contributed by atoms with Crippen LogP contribution in [0.3, 0.4) is 0 Å². The van der Waals surface area contributed by atoms with E-state index in [0.717, 1.165) is 30.6 Å². The highest BCUT2D eigenvalue weighted by molar-refractivity contribution is 6.18. The average molecular weight is 282 g/mol. The number of hydrogen-bond donors (Lipinski definition) is 1. The Morgan fingerprint density at radius 3 is 3.05 bits per heavy atom. The van der Waals surface area contributed by atoms with E-state index in [1.807, 2.05) is 24.3 Å². The molecule has 1 fully saturated rings. The molecular formula is C15H20ClNO2. The summed E-state index contributed by atoms with van der Waals surface area (Å²) in [5, 5.41) is 3.10. The van der Waals surface area contributed by atoms with Crippen LogP contribution in [0.2, 0.25) is 0 Å². The molecule has 0 saturated heterocycles. The van der Waals surface area contributed by atoms with Crippen molar-refractivity contribution < 1.29 is 9.53 Å². The molecular weight excluding hydrogens is 262 g/mol. The topological polar surface area (TPSA) is 38.3 Å². The number of nitrogens with one attached hydrogen (secondary N) is 1. The maximum absolute atomic E-state index is 12.0. The number of alkyl halides is 1. The SMILES string of the molecule is COc1cccc(CC(=O)NC2CCCC2CCl)c1. The lowest BCUT2D eigenvalue weighted by atomic mass is 10.1. The molecule has 2 unspecified atom stereocenters. The van der Waals surface area contributed by atoms with E-state index >= 15 is 0 Å². The van der Waals surface area contributed by atoms with Crippen LogP contribution in [0.1, 0.15) is 24.8 Å². The highest BCUT2D eigenvalue weighted by Gasteiger charge is 2.27. The third-order valence-corrected chi connectivity index (χ3v) is 4.10. The van der Waals surface area contributed by atoms with Gasteiger partial charge in [-0.1, -0.05) is 18.6 Å². The summed E-state index contributed by atoms with van der Waals surface area (Å²) in [5.41, 5.74) is 0.970. The summed E-state index contributed by atoms with van der Waals surface area (Å²) in [6.07, 6.45) is 3.71. The van der Waals surface area contributed by atoms with Gasteiger partial charge < -0.3 is 10.1 Å². The van der Waals surface area contributed by atoms with Gasteiger partial charge in [-0.05, 0) is 36.5 Å². The molecule has 2 atom stereocenters. The summed E-state index contributed by atoms with van der Waals surface area (Å²) in [6.45, 7) is 0. The maximum Gasteiger partial charge on any atom is 0.224 e. The minimum absolute atomic E-state index is 0.0651. The molecule has 1 aromatic carbocycles. The molecule has 1 aliphatic carbocycles. The summed E-state index contributed by atoms with van der Waals surface area (Å²) in [6, 6.07) is 7.86. The lowest BCUT2D eigenvalue weighted by molar-refractivity contribution is -0.121. The van der Waals surface area contributed by atoms with E-state index in [1.54, 1.807) is 7.11 Å². The third kappa shape index (κ3) is 3.87. The Hall–Kier alpha value is -1.22. The number of ether oxygens (including phenoxy) is 1. The predicted octanol–water partition coefficient (Wildman–Crippen LogP) is 2.76. The number of rotatable bonds is 5. The molecule has 1 aliphatic rings. The molecule has 19 heavy (non-hydrogen) atoms. The molecule has 1 amide bonds. The highest BCUT2D eigenvalue weighted by atomic mass is 35.5. The van der Waals surface area contributed by atoms with E-state index in [9.17, 15) is 4.79 Å². The van der Waals surface area contributed by atoms with E-state index in [1.165, 1.54) is 0 Å². The Morgan fingerprint density at radius 2 is 2.32 bits per heavy atom. The summed E-state index contributed by atoms with van der Waals surface area (Å²) in [7, 11) is 1.63. The normalized spacial score (nSPS) is 22.2. The van der Waals surface area contributed by atoms with Crippen molar-refractivity contribution in [1.29, 1.82) is 0 Å². The number of carbonyl (C=O) groups is 1. The Labute approximate surface area is 119 Å². The molecule has 4 heteroatoms. The summed E-state index contributed by atoms with van der Waals surface area (Å²) in [4.78, 5) is 12.0. The Morgan fingerprint density at radius 1 is 1.47 bits per heavy atom. The van der Waals surface area contributed by atoms with E-state index in [2.05, 4.69) is 5.32 Å². The number of amides is 1. The van der Waals surface area contributed by atoms with Crippen molar-refractivity contribution >= 4 is 17.5 Å². The van der Waals surface area contributed by atoms with Crippen LogP contribution < -0.4 is 10.1 Å². The van der Waals surface area contributed by atoms with Crippen LogP contribution in [-0.2, 0) is 11.2 Å². The zero-order valence-electron chi connectivity index (χ0n) is 11.2. The van der Waals surface area contributed by atoms with Gasteiger partial charge in [-0.2, -0.15) is 0 Å². The van der Waals surface area contributed by atoms with Gasteiger partial charge in [0, 0.05) is 11.9 Å². The van der Waals surface area contributed by atoms with E-state index < -0.39 is 0 Å². The van der Waals surface area contributed by atoms with Crippen molar-refractivity contribution in [2.24, 2.45) is 5.92 Å². The monoisotopic (exact) mass is 281 g/mol. The molecule has 3 nitrogen and oxygen atoms in total. The number of benzene rings is 1. The number of carbonyl (C=O) groups excluding carboxylic acids is 1. The van der Waals surface area contributed by atoms with Crippen LogP contribution in [0.5, 0.6) is 5.75 Å². The second-order valence-electron chi connectivity index (χ2n) is 5.05. The van der Waals surface area contributed by atoms with Crippen LogP contribution in [0.15, 0.2) is 24.3 Å². The van der Waals surface area contributed by atoms with Gasteiger partial charge in [0.15, 0.2) is 0 Å². The Balaban J connectivity index is 1.90. The first-order chi connectivity index (χ1) is 9.22. The highest BCUT2D eigenvalue weighted by Crippen LogP contribution is 2.26. The van der Waals surface area contributed by atoms with Crippen LogP contribution in [-0.4, -0.2) is 24.9 Å². The first-order valence-corrected chi connectivity index (χ1v) is 7.24. The van der Waals surface area contributed by atoms with Crippen LogP contribution >= 0.6 is 11.6 Å². The van der Waals surface area contributed by atoms with Crippen molar-refractivity contribution in [3.8, 4) is 5.75 Å².